The molecule has 0 aliphatic rings. The van der Waals surface area contributed by atoms with Crippen molar-refractivity contribution < 1.29 is 0 Å². The van der Waals surface area contributed by atoms with E-state index in [-0.39, 0.29) is 0 Å². The van der Waals surface area contributed by atoms with Gasteiger partial charge in [-0.15, -0.1) is 11.8 Å². The van der Waals surface area contributed by atoms with Crippen LogP contribution in [0.3, 0.4) is 0 Å². The summed E-state index contributed by atoms with van der Waals surface area (Å²) in [6, 6.07) is 0. The quantitative estimate of drug-likeness (QED) is 0.599. The van der Waals surface area contributed by atoms with E-state index in [0.29, 0.717) is 0 Å². The van der Waals surface area contributed by atoms with Gasteiger partial charge in [0.25, 0.3) is 0 Å². The Kier molecular flexibility index (Phi) is 8.35. The molecule has 0 amide bonds. The van der Waals surface area contributed by atoms with Crippen LogP contribution in [0.2, 0.25) is 0 Å². The first kappa shape index (κ1) is 12.4. The van der Waals surface area contributed by atoms with Gasteiger partial charge in [0.1, 0.15) is 0 Å². The highest BCUT2D eigenvalue weighted by molar-refractivity contribution is 8.02. The Morgan fingerprint density at radius 3 is 2.33 bits per heavy atom. The van der Waals surface area contributed by atoms with Gasteiger partial charge in [-0.1, -0.05) is 33.8 Å². The van der Waals surface area contributed by atoms with E-state index in [1.54, 1.807) is 0 Å². The molecule has 0 bridgehead atoms. The van der Waals surface area contributed by atoms with Crippen LogP contribution in [0.5, 0.6) is 0 Å². The molecule has 0 nitrogen and oxygen atoms in total. The van der Waals surface area contributed by atoms with Crippen molar-refractivity contribution in [3.63, 3.8) is 0 Å². The van der Waals surface area contributed by atoms with Gasteiger partial charge in [-0.25, -0.2) is 0 Å². The molecule has 0 fully saturated rings. The van der Waals surface area contributed by atoms with Crippen molar-refractivity contribution in [2.24, 2.45) is 5.92 Å². The van der Waals surface area contributed by atoms with E-state index in [4.69, 9.17) is 0 Å². The first-order valence-corrected chi connectivity index (χ1v) is 6.61. The van der Waals surface area contributed by atoms with Gasteiger partial charge in [0.05, 0.1) is 0 Å². The normalized spacial score (nSPS) is 12.2. The summed E-state index contributed by atoms with van der Waals surface area (Å²) in [6.07, 6.45) is 2.26. The summed E-state index contributed by atoms with van der Waals surface area (Å²) >= 11 is 3.91. The van der Waals surface area contributed by atoms with Gasteiger partial charge in [0.2, 0.25) is 0 Å². The first-order chi connectivity index (χ1) is 5.63. The van der Waals surface area contributed by atoms with Gasteiger partial charge in [-0.05, 0) is 17.1 Å². The van der Waals surface area contributed by atoms with Crippen molar-refractivity contribution in [2.45, 2.75) is 32.9 Å². The molecule has 0 aromatic rings. The minimum absolute atomic E-state index is 0.719. The summed E-state index contributed by atoms with van der Waals surface area (Å²) in [5.74, 6) is 3.26. The predicted octanol–water partition coefficient (Wildman–Crippen LogP) is 4.03. The van der Waals surface area contributed by atoms with Crippen molar-refractivity contribution in [3.05, 3.63) is 11.5 Å². The van der Waals surface area contributed by atoms with E-state index in [2.05, 4.69) is 39.2 Å². The van der Waals surface area contributed by atoms with Crippen LogP contribution in [-0.4, -0.2) is 16.8 Å². The molecule has 2 heteroatoms. The Bertz CT molecular complexity index is 117. The molecule has 0 saturated heterocycles. The second-order valence-electron chi connectivity index (χ2n) is 3.49. The van der Waals surface area contributed by atoms with Gasteiger partial charge in [0.15, 0.2) is 0 Å². The number of thioether (sulfide) groups is 2. The Balaban J connectivity index is 3.13. The molecule has 0 atom stereocenters. The maximum absolute atomic E-state index is 2.26. The van der Waals surface area contributed by atoms with Crippen LogP contribution in [0.15, 0.2) is 11.5 Å². The largest absolute Gasteiger partial charge is 0.158 e. The minimum Gasteiger partial charge on any atom is -0.158 e. The average molecular weight is 204 g/mol. The summed E-state index contributed by atoms with van der Waals surface area (Å²) < 4.78 is 0. The maximum Gasteiger partial charge on any atom is 0.0121 e. The smallest absolute Gasteiger partial charge is 0.0121 e. The second kappa shape index (κ2) is 8.06. The third kappa shape index (κ3) is 10.4. The molecule has 0 spiro atoms. The lowest BCUT2D eigenvalue weighted by atomic mass is 10.3. The standard InChI is InChI=1S/C10H20S2/c1-9(2)8-11-6-5-7-12-10(3)4/h5,7,9-10H,6,8H2,1-4H3/b7-5-. The van der Waals surface area contributed by atoms with Crippen LogP contribution in [0.25, 0.3) is 0 Å². The highest BCUT2D eigenvalue weighted by Crippen LogP contribution is 2.12. The van der Waals surface area contributed by atoms with Crippen molar-refractivity contribution in [2.75, 3.05) is 11.5 Å². The maximum atomic E-state index is 2.26. The van der Waals surface area contributed by atoms with Gasteiger partial charge in [0, 0.05) is 11.0 Å². The molecule has 0 radical (unpaired) electrons. The van der Waals surface area contributed by atoms with E-state index >= 15 is 0 Å². The lowest BCUT2D eigenvalue weighted by Crippen LogP contribution is -1.90. The Hall–Kier alpha value is 0.440. The Labute approximate surface area is 85.6 Å². The van der Waals surface area contributed by atoms with Gasteiger partial charge < -0.3 is 0 Å². The van der Waals surface area contributed by atoms with E-state index in [0.717, 1.165) is 16.9 Å². The fourth-order valence-electron chi connectivity index (χ4n) is 0.624. The summed E-state index contributed by atoms with van der Waals surface area (Å²) in [5, 5.41) is 2.94. The molecule has 0 heterocycles. The van der Waals surface area contributed by atoms with Crippen molar-refractivity contribution in [1.29, 1.82) is 0 Å². The summed E-state index contributed by atoms with van der Waals surface area (Å²) in [5.41, 5.74) is 0. The van der Waals surface area contributed by atoms with Crippen LogP contribution in [0.4, 0.5) is 0 Å². The van der Waals surface area contributed by atoms with E-state index in [1.807, 2.05) is 23.5 Å². The van der Waals surface area contributed by atoms with Gasteiger partial charge >= 0.3 is 0 Å². The molecule has 0 N–H and O–H groups in total. The number of rotatable bonds is 6. The highest BCUT2D eigenvalue weighted by Gasteiger charge is 1.91. The molecule has 0 saturated carbocycles. The summed E-state index contributed by atoms with van der Waals surface area (Å²) in [6.45, 7) is 8.96. The van der Waals surface area contributed by atoms with E-state index in [9.17, 15) is 0 Å². The van der Waals surface area contributed by atoms with Gasteiger partial charge in [-0.3, -0.25) is 0 Å². The fraction of sp³-hybridized carbons (Fsp3) is 0.800. The van der Waals surface area contributed by atoms with E-state index < -0.39 is 0 Å². The molecule has 0 aromatic heterocycles. The number of hydrogen-bond donors (Lipinski definition) is 0. The zero-order chi connectivity index (χ0) is 9.40. The Morgan fingerprint density at radius 1 is 1.17 bits per heavy atom. The molecule has 0 aliphatic carbocycles. The molecule has 0 aromatic carbocycles. The molecule has 12 heavy (non-hydrogen) atoms. The lowest BCUT2D eigenvalue weighted by Gasteiger charge is -2.01. The van der Waals surface area contributed by atoms with Crippen molar-refractivity contribution >= 4 is 23.5 Å². The highest BCUT2D eigenvalue weighted by atomic mass is 32.2. The third-order valence-electron chi connectivity index (χ3n) is 1.11. The average Bonchev–Trinajstić information content (AvgIpc) is 1.95. The van der Waals surface area contributed by atoms with Gasteiger partial charge in [-0.2, -0.15) is 11.8 Å². The van der Waals surface area contributed by atoms with Crippen LogP contribution < -0.4 is 0 Å². The van der Waals surface area contributed by atoms with Crippen molar-refractivity contribution in [1.82, 2.24) is 0 Å². The van der Waals surface area contributed by atoms with Crippen LogP contribution in [0, 0.1) is 5.92 Å². The van der Waals surface area contributed by atoms with Crippen LogP contribution >= 0.6 is 23.5 Å². The molecule has 0 aliphatic heterocycles. The molecule has 0 rings (SSSR count). The lowest BCUT2D eigenvalue weighted by molar-refractivity contribution is 0.751. The monoisotopic (exact) mass is 204 g/mol. The summed E-state index contributed by atoms with van der Waals surface area (Å²) in [7, 11) is 0. The predicted molar refractivity (Wildman–Crippen MR) is 64.0 cm³/mol. The number of hydrogen-bond acceptors (Lipinski definition) is 2. The second-order valence-corrected chi connectivity index (χ2v) is 6.05. The van der Waals surface area contributed by atoms with Crippen molar-refractivity contribution in [3.8, 4) is 0 Å². The minimum atomic E-state index is 0.719. The SMILES string of the molecule is CC(C)CSC/C=C\SC(C)C. The third-order valence-corrected chi connectivity index (χ3v) is 3.34. The molecule has 72 valence electrons. The molecule has 0 unspecified atom stereocenters. The first-order valence-electron chi connectivity index (χ1n) is 4.51. The topological polar surface area (TPSA) is 0 Å². The zero-order valence-electron chi connectivity index (χ0n) is 8.54. The van der Waals surface area contributed by atoms with Crippen LogP contribution in [-0.2, 0) is 0 Å². The summed E-state index contributed by atoms with van der Waals surface area (Å²) in [4.78, 5) is 0. The van der Waals surface area contributed by atoms with Crippen LogP contribution in [0.1, 0.15) is 27.7 Å². The molecular weight excluding hydrogens is 184 g/mol. The fourth-order valence-corrected chi connectivity index (χ4v) is 2.11. The molecular formula is C10H20S2. The van der Waals surface area contributed by atoms with E-state index in [1.165, 1.54) is 5.75 Å². The Morgan fingerprint density at radius 2 is 1.83 bits per heavy atom. The zero-order valence-corrected chi connectivity index (χ0v) is 10.2.